The summed E-state index contributed by atoms with van der Waals surface area (Å²) in [4.78, 5) is 0. The molecule has 0 fully saturated rings. The van der Waals surface area contributed by atoms with Gasteiger partial charge in [0.15, 0.2) is 5.76 Å². The van der Waals surface area contributed by atoms with Crippen molar-refractivity contribution in [3.8, 4) is 23.0 Å². The molecule has 0 aliphatic carbocycles. The number of benzene rings is 6. The summed E-state index contributed by atoms with van der Waals surface area (Å²) < 4.78 is 32.0. The molecule has 0 aromatic heterocycles. The predicted octanol–water partition coefficient (Wildman–Crippen LogP) is 9.94. The van der Waals surface area contributed by atoms with Gasteiger partial charge < -0.3 is 23.7 Å². The molecule has 0 saturated heterocycles. The van der Waals surface area contributed by atoms with Crippen LogP contribution < -0.4 is 18.9 Å². The van der Waals surface area contributed by atoms with Crippen LogP contribution in [0.1, 0.15) is 33.4 Å². The van der Waals surface area contributed by atoms with Crippen LogP contribution in [0.2, 0.25) is 0 Å². The van der Waals surface area contributed by atoms with Crippen LogP contribution in [0.5, 0.6) is 23.0 Å². The molecule has 1 aliphatic heterocycles. The van der Waals surface area contributed by atoms with Crippen molar-refractivity contribution in [1.29, 1.82) is 0 Å². The molecular formula is C43H36O5. The quantitative estimate of drug-likeness (QED) is 0.127. The van der Waals surface area contributed by atoms with Gasteiger partial charge in [0.2, 0.25) is 0 Å². The number of fused-ring (bicyclic) bond motifs is 1. The Labute approximate surface area is 281 Å². The number of allylic oxidation sites excluding steroid dienone is 1. The molecular weight excluding hydrogens is 596 g/mol. The van der Waals surface area contributed by atoms with Crippen LogP contribution in [0.15, 0.2) is 163 Å². The minimum Gasteiger partial charge on any atom is -0.489 e. The first-order valence-corrected chi connectivity index (χ1v) is 16.1. The van der Waals surface area contributed by atoms with Gasteiger partial charge in [0.1, 0.15) is 55.2 Å². The summed E-state index contributed by atoms with van der Waals surface area (Å²) in [6.07, 6.45) is 0.493. The zero-order valence-corrected chi connectivity index (χ0v) is 26.6. The number of ether oxygens (including phenoxy) is 5. The van der Waals surface area contributed by atoms with E-state index in [4.69, 9.17) is 23.7 Å². The van der Waals surface area contributed by atoms with Crippen LogP contribution in [0.25, 0.3) is 5.76 Å². The van der Waals surface area contributed by atoms with E-state index in [1.165, 1.54) is 0 Å². The summed E-state index contributed by atoms with van der Waals surface area (Å²) in [6.45, 7) is 1.75. The monoisotopic (exact) mass is 632 g/mol. The molecule has 0 unspecified atom stereocenters. The molecule has 5 heteroatoms. The van der Waals surface area contributed by atoms with Crippen LogP contribution in [-0.2, 0) is 37.6 Å². The number of rotatable bonds is 13. The third kappa shape index (κ3) is 7.88. The molecule has 1 heterocycles. The van der Waals surface area contributed by atoms with Crippen LogP contribution in [0, 0.1) is 0 Å². The average molecular weight is 633 g/mol. The third-order valence-corrected chi connectivity index (χ3v) is 8.05. The Bertz CT molecular complexity index is 1940. The maximum absolute atomic E-state index is 6.73. The van der Waals surface area contributed by atoms with E-state index in [2.05, 4.69) is 36.4 Å². The van der Waals surface area contributed by atoms with Crippen molar-refractivity contribution in [2.24, 2.45) is 0 Å². The maximum Gasteiger partial charge on any atom is 0.172 e. The molecule has 0 radical (unpaired) electrons. The molecule has 0 saturated carbocycles. The Morgan fingerprint density at radius 2 is 0.896 bits per heavy atom. The maximum atomic E-state index is 6.73. The van der Waals surface area contributed by atoms with Gasteiger partial charge in [-0.25, -0.2) is 0 Å². The Kier molecular flexibility index (Phi) is 9.66. The Morgan fingerprint density at radius 1 is 0.438 bits per heavy atom. The van der Waals surface area contributed by atoms with E-state index in [1.807, 2.05) is 121 Å². The minimum absolute atomic E-state index is 0.412. The lowest BCUT2D eigenvalue weighted by atomic mass is 10.0. The van der Waals surface area contributed by atoms with Gasteiger partial charge in [-0.1, -0.05) is 121 Å². The van der Waals surface area contributed by atoms with E-state index in [0.29, 0.717) is 55.9 Å². The van der Waals surface area contributed by atoms with Crippen LogP contribution in [0.4, 0.5) is 0 Å². The van der Waals surface area contributed by atoms with Gasteiger partial charge in [-0.15, -0.1) is 0 Å². The van der Waals surface area contributed by atoms with Gasteiger partial charge in [0.05, 0.1) is 0 Å². The van der Waals surface area contributed by atoms with Crippen molar-refractivity contribution in [2.45, 2.75) is 32.8 Å². The van der Waals surface area contributed by atoms with E-state index in [9.17, 15) is 0 Å². The average Bonchev–Trinajstić information content (AvgIpc) is 3.16. The molecule has 0 amide bonds. The van der Waals surface area contributed by atoms with Crippen molar-refractivity contribution in [2.75, 3.05) is 0 Å². The van der Waals surface area contributed by atoms with Crippen LogP contribution >= 0.6 is 0 Å². The molecule has 1 aliphatic rings. The largest absolute Gasteiger partial charge is 0.489 e. The Hall–Kier alpha value is -5.94. The van der Waals surface area contributed by atoms with Crippen molar-refractivity contribution >= 4 is 5.76 Å². The van der Waals surface area contributed by atoms with Crippen LogP contribution in [0.3, 0.4) is 0 Å². The van der Waals surface area contributed by atoms with Gasteiger partial charge in [0.25, 0.3) is 0 Å². The number of hydrogen-bond acceptors (Lipinski definition) is 5. The zero-order valence-electron chi connectivity index (χ0n) is 26.6. The van der Waals surface area contributed by atoms with E-state index >= 15 is 0 Å². The molecule has 6 aromatic carbocycles. The highest BCUT2D eigenvalue weighted by atomic mass is 16.5. The van der Waals surface area contributed by atoms with Crippen molar-refractivity contribution in [3.63, 3.8) is 0 Å². The summed E-state index contributed by atoms with van der Waals surface area (Å²) in [6, 6.07) is 52.4. The van der Waals surface area contributed by atoms with Gasteiger partial charge in [0, 0.05) is 29.7 Å². The summed E-state index contributed by atoms with van der Waals surface area (Å²) in [5.41, 5.74) is 6.14. The fraction of sp³-hybridized carbons (Fsp3) is 0.116. The van der Waals surface area contributed by atoms with Crippen molar-refractivity contribution in [3.05, 3.63) is 197 Å². The van der Waals surface area contributed by atoms with Gasteiger partial charge in [-0.05, 0) is 46.5 Å². The molecule has 5 nitrogen and oxygen atoms in total. The Balaban J connectivity index is 1.19. The molecule has 48 heavy (non-hydrogen) atoms. The fourth-order valence-electron chi connectivity index (χ4n) is 5.48. The molecule has 238 valence electrons. The Morgan fingerprint density at radius 3 is 1.42 bits per heavy atom. The molecule has 7 rings (SSSR count). The molecule has 6 aromatic rings. The normalized spacial score (nSPS) is 12.1. The summed E-state index contributed by atoms with van der Waals surface area (Å²) in [5.74, 6) is 4.20. The van der Waals surface area contributed by atoms with E-state index in [0.717, 1.165) is 44.9 Å². The topological polar surface area (TPSA) is 46.2 Å². The summed E-state index contributed by atoms with van der Waals surface area (Å²) in [7, 11) is 0. The first-order chi connectivity index (χ1) is 23.8. The molecule has 0 atom stereocenters. The second kappa shape index (κ2) is 15.1. The standard InChI is InChI=1S/C43H36O5/c1-5-13-32(14-6-1)28-44-37-23-21-36(22-24-37)43-42(47-31-35-19-11-4-12-20-35)27-39-40(46-30-34-17-9-3-10-18-34)25-38(26-41(39)48-43)45-29-33-15-7-2-8-16-33/h1-26H,27-31H2. The summed E-state index contributed by atoms with van der Waals surface area (Å²) in [5, 5.41) is 0. The van der Waals surface area contributed by atoms with Crippen LogP contribution in [-0.4, -0.2) is 0 Å². The van der Waals surface area contributed by atoms with E-state index in [-0.39, 0.29) is 0 Å². The highest BCUT2D eigenvalue weighted by Gasteiger charge is 2.27. The molecule has 0 bridgehead atoms. The smallest absolute Gasteiger partial charge is 0.172 e. The van der Waals surface area contributed by atoms with E-state index in [1.54, 1.807) is 0 Å². The van der Waals surface area contributed by atoms with Gasteiger partial charge in [-0.3, -0.25) is 0 Å². The fourth-order valence-corrected chi connectivity index (χ4v) is 5.48. The highest BCUT2D eigenvalue weighted by Crippen LogP contribution is 2.43. The van der Waals surface area contributed by atoms with Crippen molar-refractivity contribution in [1.82, 2.24) is 0 Å². The van der Waals surface area contributed by atoms with Gasteiger partial charge in [-0.2, -0.15) is 0 Å². The molecule has 0 N–H and O–H groups in total. The second-order valence-corrected chi connectivity index (χ2v) is 11.6. The zero-order chi connectivity index (χ0) is 32.4. The lowest BCUT2D eigenvalue weighted by molar-refractivity contribution is 0.182. The first kappa shape index (κ1) is 30.7. The van der Waals surface area contributed by atoms with Gasteiger partial charge >= 0.3 is 0 Å². The second-order valence-electron chi connectivity index (χ2n) is 11.6. The SMILES string of the molecule is c1ccc(COC2=C(c3ccc(OCc4ccccc4)cc3)Oc3cc(OCc4ccccc4)cc(OCc4ccccc4)c3C2)cc1. The minimum atomic E-state index is 0.412. The van der Waals surface area contributed by atoms with E-state index < -0.39 is 0 Å². The van der Waals surface area contributed by atoms with Crippen molar-refractivity contribution < 1.29 is 23.7 Å². The highest BCUT2D eigenvalue weighted by molar-refractivity contribution is 5.70. The third-order valence-electron chi connectivity index (χ3n) is 8.05. The molecule has 0 spiro atoms. The lowest BCUT2D eigenvalue weighted by Crippen LogP contribution is -2.14. The summed E-state index contributed by atoms with van der Waals surface area (Å²) >= 11 is 0. The first-order valence-electron chi connectivity index (χ1n) is 16.1. The number of hydrogen-bond donors (Lipinski definition) is 0. The predicted molar refractivity (Wildman–Crippen MR) is 188 cm³/mol. The lowest BCUT2D eigenvalue weighted by Gasteiger charge is -2.26.